The molecule has 1 fully saturated rings. The summed E-state index contributed by atoms with van der Waals surface area (Å²) < 4.78 is 11.2. The maximum atomic E-state index is 13.4. The van der Waals surface area contributed by atoms with Crippen molar-refractivity contribution in [2.75, 3.05) is 13.9 Å². The lowest BCUT2D eigenvalue weighted by atomic mass is 9.64. The average molecular weight is 386 g/mol. The highest BCUT2D eigenvalue weighted by Gasteiger charge is 2.52. The predicted molar refractivity (Wildman–Crippen MR) is 108 cm³/mol. The van der Waals surface area contributed by atoms with Crippen LogP contribution in [0.25, 0.3) is 0 Å². The normalized spacial score (nSPS) is 27.4. The van der Waals surface area contributed by atoms with Gasteiger partial charge in [0.25, 0.3) is 5.91 Å². The molecule has 0 bridgehead atoms. The van der Waals surface area contributed by atoms with Gasteiger partial charge in [-0.3, -0.25) is 9.59 Å². The van der Waals surface area contributed by atoms with Crippen LogP contribution in [0, 0.1) is 5.92 Å². The van der Waals surface area contributed by atoms with Crippen LogP contribution in [-0.4, -0.2) is 42.1 Å². The van der Waals surface area contributed by atoms with Crippen LogP contribution >= 0.6 is 0 Å². The van der Waals surface area contributed by atoms with E-state index in [-0.39, 0.29) is 30.5 Å². The van der Waals surface area contributed by atoms with Crippen LogP contribution in [0.1, 0.15) is 62.2 Å². The summed E-state index contributed by atoms with van der Waals surface area (Å²) >= 11 is 0. The van der Waals surface area contributed by atoms with Gasteiger partial charge in [0.15, 0.2) is 5.78 Å². The SMILES string of the molecule is CCCC[C@H]1[C@H](OCOC)CCC[C@]12CC(=O)C=CN2C(=O)c1ccccc1. The second-order valence-corrected chi connectivity index (χ2v) is 7.86. The number of benzene rings is 1. The second kappa shape index (κ2) is 9.48. The van der Waals surface area contributed by atoms with Gasteiger partial charge in [-0.1, -0.05) is 38.0 Å². The van der Waals surface area contributed by atoms with Gasteiger partial charge in [-0.15, -0.1) is 0 Å². The van der Waals surface area contributed by atoms with Crippen molar-refractivity contribution in [3.8, 4) is 0 Å². The molecule has 3 rings (SSSR count). The molecule has 1 aromatic carbocycles. The van der Waals surface area contributed by atoms with E-state index in [9.17, 15) is 9.59 Å². The predicted octanol–water partition coefficient (Wildman–Crippen LogP) is 4.33. The molecule has 152 valence electrons. The number of nitrogens with zero attached hydrogens (tertiary/aromatic N) is 1. The molecule has 0 radical (unpaired) electrons. The smallest absolute Gasteiger partial charge is 0.258 e. The summed E-state index contributed by atoms with van der Waals surface area (Å²) in [4.78, 5) is 27.7. The molecule has 1 aliphatic heterocycles. The van der Waals surface area contributed by atoms with E-state index in [1.54, 1.807) is 19.4 Å². The third kappa shape index (κ3) is 4.20. The van der Waals surface area contributed by atoms with E-state index < -0.39 is 5.54 Å². The van der Waals surface area contributed by atoms with E-state index in [0.717, 1.165) is 38.5 Å². The maximum absolute atomic E-state index is 13.4. The molecule has 1 heterocycles. The van der Waals surface area contributed by atoms with Gasteiger partial charge in [0, 0.05) is 31.2 Å². The largest absolute Gasteiger partial charge is 0.359 e. The van der Waals surface area contributed by atoms with Crippen molar-refractivity contribution in [1.29, 1.82) is 0 Å². The Morgan fingerprint density at radius 3 is 2.79 bits per heavy atom. The summed E-state index contributed by atoms with van der Waals surface area (Å²) in [5, 5.41) is 0. The molecular weight excluding hydrogens is 354 g/mol. The maximum Gasteiger partial charge on any atom is 0.258 e. The third-order valence-electron chi connectivity index (χ3n) is 6.12. The summed E-state index contributed by atoms with van der Waals surface area (Å²) in [6.07, 6.45) is 9.34. The fourth-order valence-electron chi connectivity index (χ4n) is 4.84. The van der Waals surface area contributed by atoms with Gasteiger partial charge in [0.2, 0.25) is 0 Å². The Balaban J connectivity index is 1.99. The molecule has 5 heteroatoms. The topological polar surface area (TPSA) is 55.8 Å². The van der Waals surface area contributed by atoms with Crippen molar-refractivity contribution in [3.63, 3.8) is 0 Å². The number of amides is 1. The number of ketones is 1. The Morgan fingerprint density at radius 2 is 2.07 bits per heavy atom. The lowest BCUT2D eigenvalue weighted by Gasteiger charge is -2.54. The van der Waals surface area contributed by atoms with Gasteiger partial charge in [-0.25, -0.2) is 0 Å². The first kappa shape index (κ1) is 20.7. The van der Waals surface area contributed by atoms with Crippen molar-refractivity contribution in [2.45, 2.75) is 63.5 Å². The monoisotopic (exact) mass is 385 g/mol. The Labute approximate surface area is 167 Å². The van der Waals surface area contributed by atoms with Gasteiger partial charge >= 0.3 is 0 Å². The van der Waals surface area contributed by atoms with Gasteiger partial charge in [0.05, 0.1) is 11.6 Å². The van der Waals surface area contributed by atoms with Gasteiger partial charge < -0.3 is 14.4 Å². The average Bonchev–Trinajstić information content (AvgIpc) is 2.72. The molecule has 1 spiro atoms. The van der Waals surface area contributed by atoms with Crippen molar-refractivity contribution in [2.24, 2.45) is 5.92 Å². The lowest BCUT2D eigenvalue weighted by Crippen LogP contribution is -2.61. The molecular formula is C23H31NO4. The van der Waals surface area contributed by atoms with E-state index >= 15 is 0 Å². The third-order valence-corrected chi connectivity index (χ3v) is 6.12. The summed E-state index contributed by atoms with van der Waals surface area (Å²) in [6.45, 7) is 2.40. The van der Waals surface area contributed by atoms with Crippen LogP contribution < -0.4 is 0 Å². The number of carbonyl (C=O) groups excluding carboxylic acids is 2. The molecule has 0 unspecified atom stereocenters. The fourth-order valence-corrected chi connectivity index (χ4v) is 4.84. The summed E-state index contributed by atoms with van der Waals surface area (Å²) in [5.74, 6) is 0.155. The van der Waals surface area contributed by atoms with E-state index in [0.29, 0.717) is 12.0 Å². The van der Waals surface area contributed by atoms with E-state index in [1.165, 1.54) is 0 Å². The quantitative estimate of drug-likeness (QED) is 0.656. The number of hydrogen-bond acceptors (Lipinski definition) is 4. The number of unbranched alkanes of at least 4 members (excludes halogenated alkanes) is 1. The van der Waals surface area contributed by atoms with Crippen molar-refractivity contribution in [3.05, 3.63) is 48.2 Å². The molecule has 1 aliphatic carbocycles. The molecule has 28 heavy (non-hydrogen) atoms. The zero-order valence-corrected chi connectivity index (χ0v) is 16.9. The van der Waals surface area contributed by atoms with Crippen LogP contribution in [0.3, 0.4) is 0 Å². The Morgan fingerprint density at radius 1 is 1.29 bits per heavy atom. The van der Waals surface area contributed by atoms with Crippen LogP contribution in [0.4, 0.5) is 0 Å². The highest BCUT2D eigenvalue weighted by atomic mass is 16.7. The zero-order valence-electron chi connectivity index (χ0n) is 16.9. The second-order valence-electron chi connectivity index (χ2n) is 7.86. The summed E-state index contributed by atoms with van der Waals surface area (Å²) in [6, 6.07) is 9.32. The molecule has 1 saturated carbocycles. The first-order valence-electron chi connectivity index (χ1n) is 10.3. The number of allylic oxidation sites excluding steroid dienone is 1. The molecule has 0 N–H and O–H groups in total. The van der Waals surface area contributed by atoms with Gasteiger partial charge in [-0.2, -0.15) is 0 Å². The summed E-state index contributed by atoms with van der Waals surface area (Å²) in [5.41, 5.74) is 0.125. The minimum atomic E-state index is -0.523. The molecule has 1 aromatic rings. The fraction of sp³-hybridized carbons (Fsp3) is 0.565. The first-order valence-corrected chi connectivity index (χ1v) is 10.3. The number of ether oxygens (including phenoxy) is 2. The Hall–Kier alpha value is -1.98. The number of hydrogen-bond donors (Lipinski definition) is 0. The van der Waals surface area contributed by atoms with Crippen LogP contribution in [0.5, 0.6) is 0 Å². The molecule has 0 saturated heterocycles. The highest BCUT2D eigenvalue weighted by Crippen LogP contribution is 2.47. The van der Waals surface area contributed by atoms with E-state index in [4.69, 9.17) is 9.47 Å². The van der Waals surface area contributed by atoms with Crippen molar-refractivity contribution in [1.82, 2.24) is 4.90 Å². The zero-order chi connectivity index (χ0) is 20.0. The number of methoxy groups -OCH3 is 1. The van der Waals surface area contributed by atoms with Crippen LogP contribution in [0.2, 0.25) is 0 Å². The Kier molecular flexibility index (Phi) is 7.03. The molecule has 3 atom stereocenters. The van der Waals surface area contributed by atoms with Crippen LogP contribution in [-0.2, 0) is 14.3 Å². The van der Waals surface area contributed by atoms with Crippen LogP contribution in [0.15, 0.2) is 42.6 Å². The number of rotatable bonds is 7. The standard InChI is InChI=1S/C23H31NO4/c1-3-4-11-20-21(28-17-27-2)12-8-14-23(20)16-19(25)13-15-24(23)22(26)18-9-6-5-7-10-18/h5-7,9-10,13,15,20-21H,3-4,8,11-12,14,16-17H2,1-2H3/t20-,21+,23-/m0/s1. The van der Waals surface area contributed by atoms with Crippen molar-refractivity contribution >= 4 is 11.7 Å². The molecule has 2 aliphatic rings. The molecule has 1 amide bonds. The van der Waals surface area contributed by atoms with E-state index in [2.05, 4.69) is 6.92 Å². The minimum Gasteiger partial charge on any atom is -0.359 e. The molecule has 5 nitrogen and oxygen atoms in total. The van der Waals surface area contributed by atoms with E-state index in [1.807, 2.05) is 35.2 Å². The highest BCUT2D eigenvalue weighted by molar-refractivity contribution is 5.99. The Bertz CT molecular complexity index is 702. The first-order chi connectivity index (χ1) is 13.6. The van der Waals surface area contributed by atoms with Gasteiger partial charge in [0.1, 0.15) is 6.79 Å². The molecule has 0 aromatic heterocycles. The van der Waals surface area contributed by atoms with Gasteiger partial charge in [-0.05, 0) is 43.9 Å². The van der Waals surface area contributed by atoms with Crippen molar-refractivity contribution < 1.29 is 19.1 Å². The summed E-state index contributed by atoms with van der Waals surface area (Å²) in [7, 11) is 1.62. The number of carbonyl (C=O) groups is 2. The lowest BCUT2D eigenvalue weighted by molar-refractivity contribution is -0.142. The minimum absolute atomic E-state index is 0.00868.